The van der Waals surface area contributed by atoms with Gasteiger partial charge < -0.3 is 30.6 Å². The first kappa shape index (κ1) is 31.9. The Labute approximate surface area is 251 Å². The average molecular weight is 617 g/mol. The number of hydrogen-bond acceptors (Lipinski definition) is 6. The third-order valence-electron chi connectivity index (χ3n) is 7.69. The van der Waals surface area contributed by atoms with E-state index in [4.69, 9.17) is 0 Å². The number of halogens is 3. The predicted octanol–water partition coefficient (Wildman–Crippen LogP) is 6.70. The molecule has 1 aliphatic carbocycles. The van der Waals surface area contributed by atoms with Crippen LogP contribution in [0.3, 0.4) is 0 Å². The Bertz CT molecular complexity index is 1490. The number of ether oxygens (including phenoxy) is 1. The maximum atomic E-state index is 13.7. The molecule has 1 atom stereocenters. The third kappa shape index (κ3) is 7.67. The topological polar surface area (TPSA) is 120 Å². The number of amides is 3. The van der Waals surface area contributed by atoms with Crippen LogP contribution in [0.1, 0.15) is 65.4 Å². The number of carbonyl (C=O) groups excluding carboxylic acids is 3. The Balaban J connectivity index is 1.66. The number of carboxylic acids is 1. The molecule has 0 bridgehead atoms. The summed E-state index contributed by atoms with van der Waals surface area (Å²) < 4.78 is 41.8. The van der Waals surface area contributed by atoms with E-state index in [2.05, 4.69) is 20.7 Å². The van der Waals surface area contributed by atoms with Crippen LogP contribution in [0.4, 0.5) is 29.3 Å². The van der Waals surface area contributed by atoms with E-state index in [0.29, 0.717) is 29.0 Å². The van der Waals surface area contributed by atoms with Gasteiger partial charge >= 0.3 is 12.4 Å². The molecule has 230 valence electrons. The smallest absolute Gasteiger partial charge is 0.548 e. The van der Waals surface area contributed by atoms with Gasteiger partial charge in [-0.2, -0.15) is 0 Å². The molecule has 0 aliphatic heterocycles. The van der Waals surface area contributed by atoms with Crippen LogP contribution in [0.5, 0.6) is 5.75 Å². The molecule has 1 aromatic heterocycles. The normalized spacial score (nSPS) is 15.3. The second-order valence-electron chi connectivity index (χ2n) is 11.1. The Hall–Kier alpha value is -4.06. The fraction of sp³-hybridized carbons (Fsp3) is 0.387. The average Bonchev–Trinajstić information content (AvgIpc) is 3.34. The molecule has 8 nitrogen and oxygen atoms in total. The summed E-state index contributed by atoms with van der Waals surface area (Å²) in [6, 6.07) is 9.80. The van der Waals surface area contributed by atoms with Crippen molar-refractivity contribution < 1.29 is 37.4 Å². The van der Waals surface area contributed by atoms with E-state index >= 15 is 0 Å². The molecule has 0 saturated heterocycles. The number of rotatable bonds is 8. The Morgan fingerprint density at radius 3 is 2.09 bits per heavy atom. The summed E-state index contributed by atoms with van der Waals surface area (Å²) in [7, 11) is 0. The third-order valence-corrected chi connectivity index (χ3v) is 8.88. The number of carboxylic acid groups (broad SMARTS) is 1. The standard InChI is InChI=1S/C31H34F3N3O5S/c1-17-14-18(2)25(19(3)15-17)36-29(41)35-23-16-24(20-10-12-22(13-11-20)42-31(32,33)34)43-26(23)27(38)37-30(4,28(39)40)21-8-6-5-7-9-21/h10-16,21H,5-9H2,1-4H3,(H,37,38)(H,39,40)(H2,35,36,41)/p-1/t30-/m0/s1. The van der Waals surface area contributed by atoms with Gasteiger partial charge in [-0.15, -0.1) is 24.5 Å². The molecule has 12 heteroatoms. The molecule has 3 aromatic rings. The van der Waals surface area contributed by atoms with Crippen LogP contribution >= 0.6 is 11.3 Å². The lowest BCUT2D eigenvalue weighted by Crippen LogP contribution is -2.62. The molecule has 1 fully saturated rings. The van der Waals surface area contributed by atoms with Gasteiger partial charge in [-0.05, 0) is 93.5 Å². The lowest BCUT2D eigenvalue weighted by molar-refractivity contribution is -0.315. The zero-order chi connectivity index (χ0) is 31.5. The largest absolute Gasteiger partial charge is 0.573 e. The molecular weight excluding hydrogens is 583 g/mol. The number of nitrogens with one attached hydrogen (secondary N) is 3. The predicted molar refractivity (Wildman–Crippen MR) is 157 cm³/mol. The van der Waals surface area contributed by atoms with Gasteiger partial charge in [-0.25, -0.2) is 4.79 Å². The van der Waals surface area contributed by atoms with Crippen molar-refractivity contribution in [3.8, 4) is 16.2 Å². The fourth-order valence-corrected chi connectivity index (χ4v) is 6.57. The highest BCUT2D eigenvalue weighted by Crippen LogP contribution is 2.38. The summed E-state index contributed by atoms with van der Waals surface area (Å²) in [5.74, 6) is -2.86. The SMILES string of the molecule is Cc1cc(C)c(NC(=O)Nc2cc(-c3ccc(OC(F)(F)F)cc3)sc2C(=O)N[C@](C)(C(=O)[O-])C2CCCCC2)c(C)c1. The number of thiophene rings is 1. The van der Waals surface area contributed by atoms with Crippen LogP contribution in [0.2, 0.25) is 0 Å². The first-order valence-corrected chi connectivity index (χ1v) is 14.7. The van der Waals surface area contributed by atoms with Crippen molar-refractivity contribution in [2.75, 3.05) is 10.6 Å². The zero-order valence-electron chi connectivity index (χ0n) is 24.2. The van der Waals surface area contributed by atoms with E-state index in [9.17, 15) is 32.7 Å². The highest BCUT2D eigenvalue weighted by atomic mass is 32.1. The molecule has 43 heavy (non-hydrogen) atoms. The van der Waals surface area contributed by atoms with Crippen LogP contribution < -0.4 is 25.8 Å². The number of alkyl halides is 3. The van der Waals surface area contributed by atoms with E-state index in [1.54, 1.807) is 0 Å². The summed E-state index contributed by atoms with van der Waals surface area (Å²) in [6.07, 6.45) is -0.946. The number of aliphatic carboxylic acids is 1. The first-order valence-electron chi connectivity index (χ1n) is 13.9. The van der Waals surface area contributed by atoms with E-state index in [0.717, 1.165) is 59.4 Å². The van der Waals surface area contributed by atoms with Gasteiger partial charge in [0.1, 0.15) is 10.6 Å². The van der Waals surface area contributed by atoms with Gasteiger partial charge in [0.25, 0.3) is 5.91 Å². The second-order valence-corrected chi connectivity index (χ2v) is 12.1. The van der Waals surface area contributed by atoms with E-state index in [1.807, 2.05) is 32.9 Å². The number of urea groups is 1. The summed E-state index contributed by atoms with van der Waals surface area (Å²) in [5.41, 5.74) is 2.24. The summed E-state index contributed by atoms with van der Waals surface area (Å²) in [6.45, 7) is 7.09. The van der Waals surface area contributed by atoms with E-state index in [-0.39, 0.29) is 16.5 Å². The maximum absolute atomic E-state index is 13.7. The van der Waals surface area contributed by atoms with Gasteiger partial charge in [0, 0.05) is 10.6 Å². The summed E-state index contributed by atoms with van der Waals surface area (Å²) >= 11 is 0.964. The Kier molecular flexibility index (Phi) is 9.38. The van der Waals surface area contributed by atoms with Crippen LogP contribution in [0, 0.1) is 26.7 Å². The van der Waals surface area contributed by atoms with Gasteiger partial charge in [0.05, 0.1) is 17.2 Å². The van der Waals surface area contributed by atoms with Crippen molar-refractivity contribution in [3.63, 3.8) is 0 Å². The van der Waals surface area contributed by atoms with Crippen LogP contribution in [0.15, 0.2) is 42.5 Å². The molecule has 0 radical (unpaired) electrons. The Morgan fingerprint density at radius 2 is 1.53 bits per heavy atom. The highest BCUT2D eigenvalue weighted by Gasteiger charge is 2.39. The summed E-state index contributed by atoms with van der Waals surface area (Å²) in [5, 5.41) is 20.5. The minimum absolute atomic E-state index is 0.0291. The van der Waals surface area contributed by atoms with Gasteiger partial charge in [0.2, 0.25) is 0 Å². The second kappa shape index (κ2) is 12.7. The lowest BCUT2D eigenvalue weighted by atomic mass is 9.75. The molecule has 1 heterocycles. The van der Waals surface area contributed by atoms with E-state index < -0.39 is 35.6 Å². The van der Waals surface area contributed by atoms with Crippen LogP contribution in [-0.2, 0) is 4.79 Å². The van der Waals surface area contributed by atoms with E-state index in [1.165, 1.54) is 25.1 Å². The van der Waals surface area contributed by atoms with Gasteiger partial charge in [0.15, 0.2) is 0 Å². The van der Waals surface area contributed by atoms with Crippen LogP contribution in [-0.4, -0.2) is 29.8 Å². The fourth-order valence-electron chi connectivity index (χ4n) is 5.55. The number of aryl methyl sites for hydroxylation is 3. The molecule has 3 amide bonds. The highest BCUT2D eigenvalue weighted by molar-refractivity contribution is 7.18. The first-order chi connectivity index (χ1) is 20.2. The minimum atomic E-state index is -4.85. The number of anilines is 2. The van der Waals surface area contributed by atoms with Gasteiger partial charge in [-0.1, -0.05) is 37.0 Å². The van der Waals surface area contributed by atoms with Crippen molar-refractivity contribution in [1.82, 2.24) is 5.32 Å². The monoisotopic (exact) mass is 616 g/mol. The molecule has 1 aliphatic rings. The van der Waals surface area contributed by atoms with Crippen molar-refractivity contribution in [2.45, 2.75) is 71.7 Å². The molecule has 3 N–H and O–H groups in total. The van der Waals surface area contributed by atoms with Crippen molar-refractivity contribution in [2.24, 2.45) is 5.92 Å². The number of benzene rings is 2. The van der Waals surface area contributed by atoms with Gasteiger partial charge in [-0.3, -0.25) is 4.79 Å². The van der Waals surface area contributed by atoms with Crippen molar-refractivity contribution in [3.05, 3.63) is 64.0 Å². The molecule has 0 spiro atoms. The molecular formula is C31H33F3N3O5S-. The molecule has 1 saturated carbocycles. The maximum Gasteiger partial charge on any atom is 0.573 e. The van der Waals surface area contributed by atoms with Crippen molar-refractivity contribution >= 4 is 40.6 Å². The molecule has 2 aromatic carbocycles. The number of carbonyl (C=O) groups is 3. The van der Waals surface area contributed by atoms with Crippen molar-refractivity contribution in [1.29, 1.82) is 0 Å². The zero-order valence-corrected chi connectivity index (χ0v) is 25.1. The number of hydrogen-bond donors (Lipinski definition) is 3. The molecule has 0 unspecified atom stereocenters. The minimum Gasteiger partial charge on any atom is -0.548 e. The quantitative estimate of drug-likeness (QED) is 0.260. The Morgan fingerprint density at radius 1 is 0.930 bits per heavy atom. The molecule has 4 rings (SSSR count). The van der Waals surface area contributed by atoms with Crippen LogP contribution in [0.25, 0.3) is 10.4 Å². The summed E-state index contributed by atoms with van der Waals surface area (Å²) in [4.78, 5) is 39.6. The lowest BCUT2D eigenvalue weighted by Gasteiger charge is -2.41.